The van der Waals surface area contributed by atoms with E-state index in [1.807, 2.05) is 6.07 Å². The quantitative estimate of drug-likeness (QED) is 0.721. The summed E-state index contributed by atoms with van der Waals surface area (Å²) in [4.78, 5) is 9.21. The molecule has 0 aliphatic carbocycles. The highest BCUT2D eigenvalue weighted by Crippen LogP contribution is 2.23. The van der Waals surface area contributed by atoms with Crippen molar-refractivity contribution in [2.24, 2.45) is 5.92 Å². The topological polar surface area (TPSA) is 70.1 Å². The highest BCUT2D eigenvalue weighted by atomic mass is 16.3. The Morgan fingerprint density at radius 3 is 2.29 bits per heavy atom. The molecule has 5 nitrogen and oxygen atoms in total. The zero-order valence-corrected chi connectivity index (χ0v) is 14.2. The van der Waals surface area contributed by atoms with Crippen molar-refractivity contribution < 1.29 is 5.11 Å². The van der Waals surface area contributed by atoms with Gasteiger partial charge in [0.15, 0.2) is 0 Å². The monoisotopic (exact) mass is 294 g/mol. The zero-order chi connectivity index (χ0) is 16.0. The summed E-state index contributed by atoms with van der Waals surface area (Å²) < 4.78 is 0. The van der Waals surface area contributed by atoms with E-state index in [9.17, 15) is 5.11 Å². The van der Waals surface area contributed by atoms with Crippen LogP contribution in [0.1, 0.15) is 53.8 Å². The van der Waals surface area contributed by atoms with E-state index in [-0.39, 0.29) is 18.1 Å². The molecule has 0 fully saturated rings. The van der Waals surface area contributed by atoms with Crippen LogP contribution in [0.3, 0.4) is 0 Å². The minimum absolute atomic E-state index is 0.00764. The Morgan fingerprint density at radius 1 is 1.19 bits per heavy atom. The summed E-state index contributed by atoms with van der Waals surface area (Å²) in [6.07, 6.45) is 1.04. The van der Waals surface area contributed by atoms with Gasteiger partial charge in [-0.1, -0.05) is 41.5 Å². The van der Waals surface area contributed by atoms with Gasteiger partial charge in [-0.25, -0.2) is 9.97 Å². The average molecular weight is 294 g/mol. The molecule has 5 heteroatoms. The third-order valence-electron chi connectivity index (χ3n) is 3.29. The average Bonchev–Trinajstić information content (AvgIpc) is 2.41. The molecule has 0 bridgehead atoms. The highest BCUT2D eigenvalue weighted by molar-refractivity contribution is 5.48. The fraction of sp³-hybridized carbons (Fsp3) is 0.750. The van der Waals surface area contributed by atoms with Gasteiger partial charge in [-0.05, 0) is 12.3 Å². The van der Waals surface area contributed by atoms with Gasteiger partial charge in [0.25, 0.3) is 0 Å². The van der Waals surface area contributed by atoms with Crippen LogP contribution in [0.4, 0.5) is 11.6 Å². The van der Waals surface area contributed by atoms with Crippen LogP contribution in [0.5, 0.6) is 0 Å². The molecule has 0 saturated heterocycles. The number of anilines is 2. The molecule has 1 atom stereocenters. The Kier molecular flexibility index (Phi) is 6.40. The number of nitrogens with one attached hydrogen (secondary N) is 2. The Bertz CT molecular complexity index is 440. The molecule has 1 aromatic heterocycles. The SMILES string of the molecule is CCCNc1cc(N[C@H](CO)C(C)C)nc(C(C)(C)C)n1. The van der Waals surface area contributed by atoms with Gasteiger partial charge in [0.2, 0.25) is 0 Å². The molecule has 0 saturated carbocycles. The lowest BCUT2D eigenvalue weighted by molar-refractivity contribution is 0.249. The predicted octanol–water partition coefficient (Wildman–Crippen LogP) is 3.02. The lowest BCUT2D eigenvalue weighted by Gasteiger charge is -2.23. The van der Waals surface area contributed by atoms with Crippen LogP contribution in [0.2, 0.25) is 0 Å². The first-order chi connectivity index (χ1) is 9.77. The van der Waals surface area contributed by atoms with Gasteiger partial charge in [-0.2, -0.15) is 0 Å². The van der Waals surface area contributed by atoms with Crippen LogP contribution in [-0.4, -0.2) is 34.3 Å². The van der Waals surface area contributed by atoms with Crippen molar-refractivity contribution in [1.29, 1.82) is 0 Å². The van der Waals surface area contributed by atoms with E-state index in [0.717, 1.165) is 30.4 Å². The minimum atomic E-state index is -0.118. The van der Waals surface area contributed by atoms with Gasteiger partial charge in [0.1, 0.15) is 17.5 Å². The smallest absolute Gasteiger partial charge is 0.138 e. The first-order valence-corrected chi connectivity index (χ1v) is 7.78. The summed E-state index contributed by atoms with van der Waals surface area (Å²) in [6, 6.07) is 1.90. The van der Waals surface area contributed by atoms with Crippen molar-refractivity contribution in [2.45, 2.75) is 59.4 Å². The number of aliphatic hydroxyl groups excluding tert-OH is 1. The second-order valence-corrected chi connectivity index (χ2v) is 6.82. The Labute approximate surface area is 128 Å². The number of aliphatic hydroxyl groups is 1. The first kappa shape index (κ1) is 17.7. The molecule has 0 unspecified atom stereocenters. The van der Waals surface area contributed by atoms with Crippen molar-refractivity contribution in [3.63, 3.8) is 0 Å². The molecule has 0 aliphatic rings. The summed E-state index contributed by atoms with van der Waals surface area (Å²) in [5, 5.41) is 16.1. The maximum atomic E-state index is 9.48. The van der Waals surface area contributed by atoms with Gasteiger partial charge in [-0.15, -0.1) is 0 Å². The number of hydrogen-bond acceptors (Lipinski definition) is 5. The number of nitrogens with zero attached hydrogens (tertiary/aromatic N) is 2. The molecule has 0 radical (unpaired) electrons. The Morgan fingerprint density at radius 2 is 1.81 bits per heavy atom. The summed E-state index contributed by atoms with van der Waals surface area (Å²) in [5.74, 6) is 2.72. The standard InChI is InChI=1S/C16H30N4O/c1-7-8-17-13-9-14(18-12(10-21)11(2)3)20-15(19-13)16(4,5)6/h9,11-12,21H,7-8,10H2,1-6H3,(H2,17,18,19,20)/t12-/m1/s1. The number of hydrogen-bond donors (Lipinski definition) is 3. The van der Waals surface area contributed by atoms with Gasteiger partial charge in [-0.3, -0.25) is 0 Å². The molecule has 1 rings (SSSR count). The maximum absolute atomic E-state index is 9.48. The molecule has 0 aliphatic heterocycles. The summed E-state index contributed by atoms with van der Waals surface area (Å²) in [6.45, 7) is 13.5. The largest absolute Gasteiger partial charge is 0.394 e. The van der Waals surface area contributed by atoms with Crippen LogP contribution in [0.15, 0.2) is 6.07 Å². The second-order valence-electron chi connectivity index (χ2n) is 6.82. The van der Waals surface area contributed by atoms with Gasteiger partial charge in [0.05, 0.1) is 12.6 Å². The molecule has 1 aromatic rings. The van der Waals surface area contributed by atoms with Crippen LogP contribution < -0.4 is 10.6 Å². The fourth-order valence-electron chi connectivity index (χ4n) is 1.81. The van der Waals surface area contributed by atoms with Crippen molar-refractivity contribution in [1.82, 2.24) is 9.97 Å². The molecule has 21 heavy (non-hydrogen) atoms. The predicted molar refractivity (Wildman–Crippen MR) is 88.8 cm³/mol. The van der Waals surface area contributed by atoms with Gasteiger partial charge < -0.3 is 15.7 Å². The van der Waals surface area contributed by atoms with E-state index in [0.29, 0.717) is 5.92 Å². The fourth-order valence-corrected chi connectivity index (χ4v) is 1.81. The lowest BCUT2D eigenvalue weighted by Crippen LogP contribution is -2.30. The third-order valence-corrected chi connectivity index (χ3v) is 3.29. The van der Waals surface area contributed by atoms with Crippen LogP contribution in [-0.2, 0) is 5.41 Å². The van der Waals surface area contributed by atoms with Crippen molar-refractivity contribution in [3.8, 4) is 0 Å². The van der Waals surface area contributed by atoms with E-state index in [1.54, 1.807) is 0 Å². The van der Waals surface area contributed by atoms with E-state index in [4.69, 9.17) is 0 Å². The third kappa shape index (κ3) is 5.50. The maximum Gasteiger partial charge on any atom is 0.138 e. The van der Waals surface area contributed by atoms with E-state index < -0.39 is 0 Å². The molecule has 120 valence electrons. The Hall–Kier alpha value is -1.36. The van der Waals surface area contributed by atoms with E-state index in [1.165, 1.54) is 0 Å². The van der Waals surface area contributed by atoms with Crippen LogP contribution in [0.25, 0.3) is 0 Å². The van der Waals surface area contributed by atoms with Crippen LogP contribution >= 0.6 is 0 Å². The molecule has 0 aromatic carbocycles. The first-order valence-electron chi connectivity index (χ1n) is 7.78. The van der Waals surface area contributed by atoms with E-state index in [2.05, 4.69) is 62.1 Å². The highest BCUT2D eigenvalue weighted by Gasteiger charge is 2.20. The van der Waals surface area contributed by atoms with E-state index >= 15 is 0 Å². The molecular weight excluding hydrogens is 264 g/mol. The normalized spacial score (nSPS) is 13.3. The number of rotatable bonds is 7. The minimum Gasteiger partial charge on any atom is -0.394 e. The second kappa shape index (κ2) is 7.59. The van der Waals surface area contributed by atoms with Crippen molar-refractivity contribution in [3.05, 3.63) is 11.9 Å². The Balaban J connectivity index is 3.06. The molecular formula is C16H30N4O. The van der Waals surface area contributed by atoms with Gasteiger partial charge in [0, 0.05) is 18.0 Å². The number of aromatic nitrogens is 2. The molecule has 0 amide bonds. The summed E-state index contributed by atoms with van der Waals surface area (Å²) in [5.41, 5.74) is -0.118. The lowest BCUT2D eigenvalue weighted by atomic mass is 9.95. The van der Waals surface area contributed by atoms with Gasteiger partial charge >= 0.3 is 0 Å². The molecule has 3 N–H and O–H groups in total. The van der Waals surface area contributed by atoms with Crippen molar-refractivity contribution in [2.75, 3.05) is 23.8 Å². The zero-order valence-electron chi connectivity index (χ0n) is 14.2. The van der Waals surface area contributed by atoms with Crippen LogP contribution in [0, 0.1) is 5.92 Å². The summed E-state index contributed by atoms with van der Waals surface area (Å²) in [7, 11) is 0. The molecule has 0 spiro atoms. The summed E-state index contributed by atoms with van der Waals surface area (Å²) >= 11 is 0. The molecule has 1 heterocycles. The van der Waals surface area contributed by atoms with Crippen molar-refractivity contribution >= 4 is 11.6 Å².